The van der Waals surface area contributed by atoms with Crippen molar-refractivity contribution in [2.45, 2.75) is 70.3 Å². The second kappa shape index (κ2) is 7.88. The van der Waals surface area contributed by atoms with E-state index < -0.39 is 14.4 Å². The summed E-state index contributed by atoms with van der Waals surface area (Å²) in [5, 5.41) is -0.0188. The van der Waals surface area contributed by atoms with Crippen molar-refractivity contribution in [1.29, 1.82) is 0 Å². The number of hydrogen-bond acceptors (Lipinski definition) is 3. The van der Waals surface area contributed by atoms with Crippen LogP contribution in [0.1, 0.15) is 39.2 Å². The van der Waals surface area contributed by atoms with Gasteiger partial charge in [0, 0.05) is 12.8 Å². The quantitative estimate of drug-likeness (QED) is 0.551. The van der Waals surface area contributed by atoms with E-state index >= 15 is 0 Å². The first-order valence-electron chi connectivity index (χ1n) is 9.27. The predicted octanol–water partition coefficient (Wildman–Crippen LogP) is 4.32. The zero-order valence-corrected chi connectivity index (χ0v) is 17.6. The standard InChI is InChI=1S/C21H31NO3Si/c1-7-17-13-14-19(23)22(17)20(24)18(15-16-11-9-8-10-12-16)25-26(5,6)21(2,3)4/h7-12,17-18H,1,13-15H2,2-6H3/t17-,18+/m1/s1. The lowest BCUT2D eigenvalue weighted by Crippen LogP contribution is -2.52. The van der Waals surface area contributed by atoms with Crippen LogP contribution in [-0.2, 0) is 20.4 Å². The van der Waals surface area contributed by atoms with Crippen molar-refractivity contribution in [2.24, 2.45) is 0 Å². The van der Waals surface area contributed by atoms with Crippen LogP contribution in [-0.4, -0.2) is 37.2 Å². The van der Waals surface area contributed by atoms with Gasteiger partial charge < -0.3 is 4.43 Å². The first-order valence-corrected chi connectivity index (χ1v) is 12.2. The Kier molecular flexibility index (Phi) is 6.24. The van der Waals surface area contributed by atoms with Gasteiger partial charge in [0.2, 0.25) is 5.91 Å². The molecule has 142 valence electrons. The number of likely N-dealkylation sites (tertiary alicyclic amines) is 1. The summed E-state index contributed by atoms with van der Waals surface area (Å²) in [6, 6.07) is 9.62. The molecule has 2 rings (SSSR count). The molecule has 0 bridgehead atoms. The van der Waals surface area contributed by atoms with Crippen molar-refractivity contribution in [2.75, 3.05) is 0 Å². The highest BCUT2D eigenvalue weighted by molar-refractivity contribution is 6.74. The van der Waals surface area contributed by atoms with E-state index in [0.717, 1.165) is 5.56 Å². The Hall–Kier alpha value is -1.72. The molecule has 1 heterocycles. The molecule has 1 aromatic rings. The lowest BCUT2D eigenvalue weighted by Gasteiger charge is -2.39. The molecule has 1 fully saturated rings. The number of imide groups is 1. The lowest BCUT2D eigenvalue weighted by molar-refractivity contribution is -0.148. The summed E-state index contributed by atoms with van der Waals surface area (Å²) < 4.78 is 6.48. The van der Waals surface area contributed by atoms with Crippen LogP contribution in [0.3, 0.4) is 0 Å². The molecule has 4 nitrogen and oxygen atoms in total. The van der Waals surface area contributed by atoms with Crippen LogP contribution in [0.2, 0.25) is 18.1 Å². The highest BCUT2D eigenvalue weighted by Gasteiger charge is 2.44. The predicted molar refractivity (Wildman–Crippen MR) is 107 cm³/mol. The van der Waals surface area contributed by atoms with Crippen LogP contribution >= 0.6 is 0 Å². The summed E-state index contributed by atoms with van der Waals surface area (Å²) in [4.78, 5) is 27.0. The third-order valence-electron chi connectivity index (χ3n) is 5.55. The molecular weight excluding hydrogens is 342 g/mol. The minimum absolute atomic E-state index is 0.0188. The molecule has 2 atom stereocenters. The van der Waals surface area contributed by atoms with E-state index in [9.17, 15) is 9.59 Å². The molecule has 0 saturated carbocycles. The SMILES string of the molecule is C=C[C@@H]1CCC(=O)N1C(=O)[C@H](Cc1ccccc1)O[Si](C)(C)C(C)(C)C. The van der Waals surface area contributed by atoms with Gasteiger partial charge in [0.25, 0.3) is 5.91 Å². The molecule has 0 unspecified atom stereocenters. The molecule has 1 aliphatic rings. The van der Waals surface area contributed by atoms with Crippen molar-refractivity contribution in [1.82, 2.24) is 4.90 Å². The maximum Gasteiger partial charge on any atom is 0.257 e. The monoisotopic (exact) mass is 373 g/mol. The molecule has 0 aliphatic carbocycles. The van der Waals surface area contributed by atoms with Crippen LogP contribution in [0.5, 0.6) is 0 Å². The van der Waals surface area contributed by atoms with Crippen molar-refractivity contribution < 1.29 is 14.0 Å². The molecular formula is C21H31NO3Si. The zero-order valence-electron chi connectivity index (χ0n) is 16.6. The van der Waals surface area contributed by atoms with Crippen LogP contribution < -0.4 is 0 Å². The zero-order chi connectivity index (χ0) is 19.5. The Labute approximate surface area is 158 Å². The van der Waals surface area contributed by atoms with Crippen LogP contribution in [0.25, 0.3) is 0 Å². The van der Waals surface area contributed by atoms with Gasteiger partial charge in [-0.3, -0.25) is 14.5 Å². The van der Waals surface area contributed by atoms with E-state index in [1.54, 1.807) is 6.08 Å². The smallest absolute Gasteiger partial charge is 0.257 e. The van der Waals surface area contributed by atoms with Gasteiger partial charge in [-0.05, 0) is 30.1 Å². The van der Waals surface area contributed by atoms with E-state index in [0.29, 0.717) is 19.3 Å². The van der Waals surface area contributed by atoms with Crippen molar-refractivity contribution in [3.8, 4) is 0 Å². The number of hydrogen-bond donors (Lipinski definition) is 0. The third kappa shape index (κ3) is 4.51. The molecule has 5 heteroatoms. The summed E-state index contributed by atoms with van der Waals surface area (Å²) in [5.74, 6) is -0.358. The third-order valence-corrected chi connectivity index (χ3v) is 10.0. The number of benzene rings is 1. The van der Waals surface area contributed by atoms with Gasteiger partial charge in [0.15, 0.2) is 8.32 Å². The summed E-state index contributed by atoms with van der Waals surface area (Å²) in [7, 11) is -2.17. The first kappa shape index (κ1) is 20.6. The molecule has 1 aliphatic heterocycles. The van der Waals surface area contributed by atoms with Crippen molar-refractivity contribution in [3.05, 3.63) is 48.6 Å². The molecule has 0 N–H and O–H groups in total. The Morgan fingerprint density at radius 1 is 1.35 bits per heavy atom. The van der Waals surface area contributed by atoms with E-state index in [4.69, 9.17) is 4.43 Å². The van der Waals surface area contributed by atoms with Crippen LogP contribution in [0, 0.1) is 0 Å². The van der Waals surface area contributed by atoms with Gasteiger partial charge in [-0.15, -0.1) is 6.58 Å². The van der Waals surface area contributed by atoms with E-state index in [2.05, 4.69) is 40.4 Å². The van der Waals surface area contributed by atoms with Gasteiger partial charge >= 0.3 is 0 Å². The van der Waals surface area contributed by atoms with Gasteiger partial charge in [0.1, 0.15) is 6.10 Å². The fourth-order valence-electron chi connectivity index (χ4n) is 2.91. The Morgan fingerprint density at radius 3 is 2.50 bits per heavy atom. The highest BCUT2D eigenvalue weighted by atomic mass is 28.4. The van der Waals surface area contributed by atoms with E-state index in [1.165, 1.54) is 4.90 Å². The van der Waals surface area contributed by atoms with Gasteiger partial charge in [-0.1, -0.05) is 57.2 Å². The Morgan fingerprint density at radius 2 is 1.96 bits per heavy atom. The lowest BCUT2D eigenvalue weighted by atomic mass is 10.1. The number of nitrogens with zero attached hydrogens (tertiary/aromatic N) is 1. The van der Waals surface area contributed by atoms with E-state index in [-0.39, 0.29) is 22.9 Å². The maximum absolute atomic E-state index is 13.3. The molecule has 26 heavy (non-hydrogen) atoms. The maximum atomic E-state index is 13.3. The minimum atomic E-state index is -2.17. The number of amides is 2. The molecule has 2 amide bonds. The van der Waals surface area contributed by atoms with Crippen molar-refractivity contribution >= 4 is 20.1 Å². The largest absolute Gasteiger partial charge is 0.405 e. The second-order valence-electron chi connectivity index (χ2n) is 8.50. The normalized spacial score (nSPS) is 19.5. The second-order valence-corrected chi connectivity index (χ2v) is 13.3. The van der Waals surface area contributed by atoms with Gasteiger partial charge in [-0.2, -0.15) is 0 Å². The van der Waals surface area contributed by atoms with Crippen molar-refractivity contribution in [3.63, 3.8) is 0 Å². The average molecular weight is 374 g/mol. The summed E-state index contributed by atoms with van der Waals surface area (Å²) in [6.45, 7) is 14.5. The molecule has 1 aromatic carbocycles. The summed E-state index contributed by atoms with van der Waals surface area (Å²) >= 11 is 0. The first-order chi connectivity index (χ1) is 12.1. The molecule has 0 radical (unpaired) electrons. The van der Waals surface area contributed by atoms with E-state index in [1.807, 2.05) is 30.3 Å². The average Bonchev–Trinajstić information content (AvgIpc) is 2.94. The summed E-state index contributed by atoms with van der Waals surface area (Å²) in [5.41, 5.74) is 1.03. The topological polar surface area (TPSA) is 46.6 Å². The fraction of sp³-hybridized carbons (Fsp3) is 0.524. The van der Waals surface area contributed by atoms with Crippen LogP contribution in [0.15, 0.2) is 43.0 Å². The minimum Gasteiger partial charge on any atom is -0.405 e. The molecule has 0 aromatic heterocycles. The fourth-order valence-corrected chi connectivity index (χ4v) is 4.16. The Balaban J connectivity index is 2.32. The van der Waals surface area contributed by atoms with Gasteiger partial charge in [-0.25, -0.2) is 0 Å². The van der Waals surface area contributed by atoms with Gasteiger partial charge in [0.05, 0.1) is 6.04 Å². The number of carbonyl (C=O) groups excluding carboxylic acids is 2. The van der Waals surface area contributed by atoms with Crippen LogP contribution in [0.4, 0.5) is 0 Å². The molecule has 0 spiro atoms. The molecule has 1 saturated heterocycles. The summed E-state index contributed by atoms with van der Waals surface area (Å²) in [6.07, 6.45) is 2.55. The number of rotatable bonds is 6. The Bertz CT molecular complexity index is 664. The number of carbonyl (C=O) groups is 2. The highest BCUT2D eigenvalue weighted by Crippen LogP contribution is 2.38.